The van der Waals surface area contributed by atoms with Gasteiger partial charge in [-0.05, 0) is 23.5 Å². The quantitative estimate of drug-likeness (QED) is 0.544. The lowest BCUT2D eigenvalue weighted by atomic mass is 10.0. The molecule has 3 aliphatic rings. The second-order valence-electron chi connectivity index (χ2n) is 8.47. The minimum Gasteiger partial charge on any atom is -0.475 e. The third kappa shape index (κ3) is 9.68. The molecule has 0 radical (unpaired) electrons. The Morgan fingerprint density at radius 2 is 1.38 bits per heavy atom. The molecule has 2 atom stereocenters. The Balaban J connectivity index is 0.000000286. The van der Waals surface area contributed by atoms with Gasteiger partial charge in [0.25, 0.3) is 0 Å². The van der Waals surface area contributed by atoms with Crippen LogP contribution >= 0.6 is 0 Å². The van der Waals surface area contributed by atoms with Crippen LogP contribution in [-0.2, 0) is 20.9 Å². The van der Waals surface area contributed by atoms with Gasteiger partial charge in [-0.15, -0.1) is 0 Å². The summed E-state index contributed by atoms with van der Waals surface area (Å²) in [5.74, 6) is -4.27. The van der Waals surface area contributed by atoms with Crippen molar-refractivity contribution in [3.63, 3.8) is 0 Å². The number of aromatic nitrogens is 1. The molecule has 0 unspecified atom stereocenters. The van der Waals surface area contributed by atoms with E-state index in [1.54, 1.807) is 0 Å². The summed E-state index contributed by atoms with van der Waals surface area (Å²) in [4.78, 5) is 41.1. The number of carboxylic acids is 2. The van der Waals surface area contributed by atoms with Gasteiger partial charge >= 0.3 is 30.3 Å². The van der Waals surface area contributed by atoms with Crippen LogP contribution in [0.4, 0.5) is 31.1 Å². The number of amides is 2. The molecular formula is C21H26F6N4O6. The van der Waals surface area contributed by atoms with Crippen molar-refractivity contribution in [2.45, 2.75) is 18.9 Å². The van der Waals surface area contributed by atoms with Gasteiger partial charge in [-0.25, -0.2) is 14.4 Å². The van der Waals surface area contributed by atoms with E-state index in [-0.39, 0.29) is 6.03 Å². The van der Waals surface area contributed by atoms with Crippen molar-refractivity contribution in [2.75, 3.05) is 52.5 Å². The third-order valence-corrected chi connectivity index (χ3v) is 5.73. The number of hydrogen-bond acceptors (Lipinski definition) is 6. The highest BCUT2D eigenvalue weighted by atomic mass is 19.4. The molecule has 4 heterocycles. The maximum Gasteiger partial charge on any atom is 0.490 e. The molecule has 3 fully saturated rings. The molecule has 208 valence electrons. The average molecular weight is 544 g/mol. The van der Waals surface area contributed by atoms with Gasteiger partial charge in [0.15, 0.2) is 0 Å². The number of halogens is 6. The number of pyridine rings is 1. The normalized spacial score (nSPS) is 21.8. The molecular weight excluding hydrogens is 518 g/mol. The number of carbonyl (C=O) groups excluding carboxylic acids is 1. The molecule has 37 heavy (non-hydrogen) atoms. The van der Waals surface area contributed by atoms with Crippen LogP contribution in [0.25, 0.3) is 0 Å². The van der Waals surface area contributed by atoms with Crippen LogP contribution in [-0.4, -0.2) is 113 Å². The molecule has 16 heteroatoms. The van der Waals surface area contributed by atoms with Crippen molar-refractivity contribution in [3.05, 3.63) is 30.1 Å². The van der Waals surface area contributed by atoms with Gasteiger partial charge in [-0.3, -0.25) is 9.88 Å². The fraction of sp³-hybridized carbons (Fsp3) is 0.619. The van der Waals surface area contributed by atoms with Crippen LogP contribution in [0.5, 0.6) is 0 Å². The van der Waals surface area contributed by atoms with Gasteiger partial charge in [0.2, 0.25) is 0 Å². The van der Waals surface area contributed by atoms with Crippen LogP contribution in [0, 0.1) is 11.8 Å². The van der Waals surface area contributed by atoms with Crippen molar-refractivity contribution < 1.29 is 55.7 Å². The van der Waals surface area contributed by atoms with E-state index < -0.39 is 24.3 Å². The van der Waals surface area contributed by atoms with E-state index in [0.717, 1.165) is 45.8 Å². The maximum atomic E-state index is 12.6. The van der Waals surface area contributed by atoms with Crippen LogP contribution in [0.1, 0.15) is 5.56 Å². The van der Waals surface area contributed by atoms with Crippen LogP contribution in [0.2, 0.25) is 0 Å². The lowest BCUT2D eigenvalue weighted by molar-refractivity contribution is -0.193. The molecule has 10 nitrogen and oxygen atoms in total. The number of alkyl halides is 6. The molecule has 1 aromatic heterocycles. The van der Waals surface area contributed by atoms with Crippen molar-refractivity contribution in [1.82, 2.24) is 19.7 Å². The first-order valence-electron chi connectivity index (χ1n) is 11.0. The molecule has 3 saturated heterocycles. The van der Waals surface area contributed by atoms with Gasteiger partial charge in [0.05, 0.1) is 13.2 Å². The second kappa shape index (κ2) is 12.9. The highest BCUT2D eigenvalue weighted by Gasteiger charge is 2.42. The standard InChI is InChI=1S/C17H24N4O2.2C2HF3O2/c22-17(20-4-6-23-7-5-20)21-12-15-10-19(11-16(15)13-21)9-14-2-1-3-18-8-14;2*3-2(4,5)1(6)7/h1-3,8,15-16H,4-7,9-13H2;2*(H,6,7)/t15-,16+;;. The SMILES string of the molecule is O=C(N1CCOCC1)N1C[C@H]2CN(Cc3cccnc3)C[C@H]2C1.O=C(O)C(F)(F)F.O=C(O)C(F)(F)F. The van der Waals surface area contributed by atoms with Crippen LogP contribution in [0.3, 0.4) is 0 Å². The first-order chi connectivity index (χ1) is 17.2. The molecule has 3 aliphatic heterocycles. The fourth-order valence-corrected chi connectivity index (χ4v) is 4.08. The molecule has 2 amide bonds. The number of rotatable bonds is 2. The summed E-state index contributed by atoms with van der Waals surface area (Å²) in [6.07, 6.45) is -6.40. The summed E-state index contributed by atoms with van der Waals surface area (Å²) in [7, 11) is 0. The topological polar surface area (TPSA) is 124 Å². The maximum absolute atomic E-state index is 12.6. The van der Waals surface area contributed by atoms with E-state index >= 15 is 0 Å². The molecule has 0 spiro atoms. The van der Waals surface area contributed by atoms with E-state index in [4.69, 9.17) is 24.5 Å². The Labute approximate surface area is 207 Å². The van der Waals surface area contributed by atoms with Crippen LogP contribution in [0.15, 0.2) is 24.5 Å². The predicted octanol–water partition coefficient (Wildman–Crippen LogP) is 2.16. The van der Waals surface area contributed by atoms with E-state index in [1.807, 2.05) is 23.4 Å². The second-order valence-corrected chi connectivity index (χ2v) is 8.47. The number of likely N-dealkylation sites (tertiary alicyclic amines) is 2. The average Bonchev–Trinajstić information content (AvgIpc) is 3.38. The van der Waals surface area contributed by atoms with Gasteiger partial charge in [0, 0.05) is 58.2 Å². The predicted molar refractivity (Wildman–Crippen MR) is 113 cm³/mol. The molecule has 0 aliphatic carbocycles. The number of urea groups is 1. The summed E-state index contributed by atoms with van der Waals surface area (Å²) in [6, 6.07) is 4.34. The summed E-state index contributed by atoms with van der Waals surface area (Å²) in [5, 5.41) is 14.2. The van der Waals surface area contributed by atoms with E-state index in [9.17, 15) is 31.1 Å². The zero-order chi connectivity index (χ0) is 27.8. The Bertz CT molecular complexity index is 873. The first-order valence-corrected chi connectivity index (χ1v) is 11.0. The minimum absolute atomic E-state index is 0.210. The van der Waals surface area contributed by atoms with E-state index in [1.165, 1.54) is 5.56 Å². The van der Waals surface area contributed by atoms with E-state index in [0.29, 0.717) is 25.0 Å². The van der Waals surface area contributed by atoms with Crippen molar-refractivity contribution in [1.29, 1.82) is 0 Å². The largest absolute Gasteiger partial charge is 0.490 e. The fourth-order valence-electron chi connectivity index (χ4n) is 4.08. The van der Waals surface area contributed by atoms with E-state index in [2.05, 4.69) is 20.9 Å². The highest BCUT2D eigenvalue weighted by Crippen LogP contribution is 2.32. The number of nitrogens with zero attached hydrogens (tertiary/aromatic N) is 4. The Hall–Kier alpha value is -3.14. The minimum atomic E-state index is -5.08. The third-order valence-electron chi connectivity index (χ3n) is 5.73. The highest BCUT2D eigenvalue weighted by molar-refractivity contribution is 5.75. The Kier molecular flexibility index (Phi) is 10.5. The summed E-state index contributed by atoms with van der Waals surface area (Å²) >= 11 is 0. The first kappa shape index (κ1) is 30.1. The van der Waals surface area contributed by atoms with Gasteiger partial charge in [-0.2, -0.15) is 26.3 Å². The zero-order valence-corrected chi connectivity index (χ0v) is 19.4. The van der Waals surface area contributed by atoms with Gasteiger partial charge in [0.1, 0.15) is 0 Å². The molecule has 0 bridgehead atoms. The number of carboxylic acid groups (broad SMARTS) is 2. The lowest BCUT2D eigenvalue weighted by Gasteiger charge is -2.31. The molecule has 1 aromatic rings. The van der Waals surface area contributed by atoms with Crippen molar-refractivity contribution in [3.8, 4) is 0 Å². The molecule has 0 aromatic carbocycles. The number of ether oxygens (including phenoxy) is 1. The van der Waals surface area contributed by atoms with Gasteiger partial charge in [-0.1, -0.05) is 6.07 Å². The smallest absolute Gasteiger partial charge is 0.475 e. The van der Waals surface area contributed by atoms with Crippen molar-refractivity contribution >= 4 is 18.0 Å². The Morgan fingerprint density at radius 3 is 1.78 bits per heavy atom. The number of fused-ring (bicyclic) bond motifs is 1. The summed E-state index contributed by atoms with van der Waals surface area (Å²) in [6.45, 7) is 7.78. The molecule has 4 rings (SSSR count). The number of morpholine rings is 1. The number of hydrogen-bond donors (Lipinski definition) is 2. The van der Waals surface area contributed by atoms with Crippen LogP contribution < -0.4 is 0 Å². The number of aliphatic carboxylic acids is 2. The summed E-state index contributed by atoms with van der Waals surface area (Å²) < 4.78 is 68.8. The van der Waals surface area contributed by atoms with Crippen molar-refractivity contribution in [2.24, 2.45) is 11.8 Å². The number of carbonyl (C=O) groups is 3. The molecule has 0 saturated carbocycles. The van der Waals surface area contributed by atoms with Gasteiger partial charge < -0.3 is 24.7 Å². The summed E-state index contributed by atoms with van der Waals surface area (Å²) in [5.41, 5.74) is 1.27. The monoisotopic (exact) mass is 544 g/mol. The molecule has 2 N–H and O–H groups in total. The zero-order valence-electron chi connectivity index (χ0n) is 19.4. The Morgan fingerprint density at radius 1 is 0.892 bits per heavy atom. The lowest BCUT2D eigenvalue weighted by Crippen LogP contribution is -2.48.